The molecule has 0 bridgehead atoms. The van der Waals surface area contributed by atoms with Crippen molar-refractivity contribution in [1.82, 2.24) is 5.32 Å². The Labute approximate surface area is 123 Å². The summed E-state index contributed by atoms with van der Waals surface area (Å²) in [5, 5.41) is 3.36. The molecule has 0 spiro atoms. The molecule has 1 unspecified atom stereocenters. The fourth-order valence-corrected chi connectivity index (χ4v) is 2.46. The molecule has 102 valence electrons. The molecular weight excluding hydrogens is 302 g/mol. The van der Waals surface area contributed by atoms with E-state index < -0.39 is 0 Å². The summed E-state index contributed by atoms with van der Waals surface area (Å²) in [6.07, 6.45) is 0. The molecule has 2 nitrogen and oxygen atoms in total. The summed E-state index contributed by atoms with van der Waals surface area (Å²) in [5.74, 6) is 1.91. The van der Waals surface area contributed by atoms with Gasteiger partial charge in [-0.2, -0.15) is 0 Å². The number of nitrogens with one attached hydrogen (secondary N) is 1. The lowest BCUT2D eigenvalue weighted by Crippen LogP contribution is -2.16. The van der Waals surface area contributed by atoms with Crippen molar-refractivity contribution in [3.8, 4) is 11.3 Å². The number of hydrogen-bond acceptors (Lipinski definition) is 2. The maximum absolute atomic E-state index is 5.96. The summed E-state index contributed by atoms with van der Waals surface area (Å²) in [7, 11) is 0. The first-order valence-electron chi connectivity index (χ1n) is 6.63. The van der Waals surface area contributed by atoms with Crippen molar-refractivity contribution in [3.05, 3.63) is 45.6 Å². The largest absolute Gasteiger partial charge is 0.459 e. The summed E-state index contributed by atoms with van der Waals surface area (Å²) in [6.45, 7) is 9.36. The van der Waals surface area contributed by atoms with E-state index in [2.05, 4.69) is 67.1 Å². The SMILES string of the molecule is CCNC(C)c1ccc(-c2cc(C)c(Br)c(C)c2)o1. The van der Waals surface area contributed by atoms with Gasteiger partial charge in [-0.3, -0.25) is 0 Å². The van der Waals surface area contributed by atoms with E-state index in [-0.39, 0.29) is 6.04 Å². The number of furan rings is 1. The summed E-state index contributed by atoms with van der Waals surface area (Å²) >= 11 is 3.59. The van der Waals surface area contributed by atoms with Crippen LogP contribution >= 0.6 is 15.9 Å². The molecule has 19 heavy (non-hydrogen) atoms. The van der Waals surface area contributed by atoms with Crippen molar-refractivity contribution in [1.29, 1.82) is 0 Å². The van der Waals surface area contributed by atoms with Crippen LogP contribution in [0.15, 0.2) is 33.2 Å². The van der Waals surface area contributed by atoms with Gasteiger partial charge >= 0.3 is 0 Å². The number of benzene rings is 1. The molecule has 3 heteroatoms. The summed E-state index contributed by atoms with van der Waals surface area (Å²) < 4.78 is 7.13. The van der Waals surface area contributed by atoms with Crippen LogP contribution in [0.1, 0.15) is 36.8 Å². The first kappa shape index (κ1) is 14.4. The molecule has 0 amide bonds. The van der Waals surface area contributed by atoms with Crippen LogP contribution in [-0.2, 0) is 0 Å². The highest BCUT2D eigenvalue weighted by molar-refractivity contribution is 9.10. The second-order valence-corrected chi connectivity index (χ2v) is 5.70. The highest BCUT2D eigenvalue weighted by atomic mass is 79.9. The summed E-state index contributed by atoms with van der Waals surface area (Å²) in [6, 6.07) is 8.65. The van der Waals surface area contributed by atoms with Gasteiger partial charge in [0.25, 0.3) is 0 Å². The zero-order chi connectivity index (χ0) is 14.0. The molecule has 0 aliphatic carbocycles. The van der Waals surface area contributed by atoms with Crippen LogP contribution in [0.25, 0.3) is 11.3 Å². The number of halogens is 1. The molecule has 0 radical (unpaired) electrons. The topological polar surface area (TPSA) is 25.2 Å². The maximum Gasteiger partial charge on any atom is 0.134 e. The van der Waals surface area contributed by atoms with E-state index in [1.165, 1.54) is 15.6 Å². The molecule has 1 aromatic heterocycles. The standard InChI is InChI=1S/C16H20BrNO/c1-5-18-12(4)14-6-7-15(19-14)13-8-10(2)16(17)11(3)9-13/h6-9,12,18H,5H2,1-4H3. The van der Waals surface area contributed by atoms with Crippen LogP contribution in [0.3, 0.4) is 0 Å². The normalized spacial score (nSPS) is 12.7. The van der Waals surface area contributed by atoms with Gasteiger partial charge < -0.3 is 9.73 Å². The number of aryl methyl sites for hydroxylation is 2. The molecular formula is C16H20BrNO. The Kier molecular flexibility index (Phi) is 4.48. The molecule has 0 aliphatic rings. The highest BCUT2D eigenvalue weighted by Crippen LogP contribution is 2.30. The molecule has 1 N–H and O–H groups in total. The lowest BCUT2D eigenvalue weighted by Gasteiger charge is -2.09. The van der Waals surface area contributed by atoms with Gasteiger partial charge in [0, 0.05) is 10.0 Å². The zero-order valence-corrected chi connectivity index (χ0v) is 13.5. The third-order valence-corrected chi connectivity index (χ3v) is 4.54. The first-order chi connectivity index (χ1) is 9.02. The van der Waals surface area contributed by atoms with Crippen molar-refractivity contribution in [2.45, 2.75) is 33.7 Å². The van der Waals surface area contributed by atoms with Crippen LogP contribution in [-0.4, -0.2) is 6.54 Å². The fourth-order valence-electron chi connectivity index (χ4n) is 2.24. The predicted octanol–water partition coefficient (Wildman–Crippen LogP) is 5.00. The molecule has 2 aromatic rings. The van der Waals surface area contributed by atoms with Crippen molar-refractivity contribution in [2.24, 2.45) is 0 Å². The Balaban J connectivity index is 2.33. The lowest BCUT2D eigenvalue weighted by molar-refractivity contribution is 0.445. The van der Waals surface area contributed by atoms with E-state index in [0.717, 1.165) is 23.6 Å². The van der Waals surface area contributed by atoms with Gasteiger partial charge in [0.15, 0.2) is 0 Å². The Morgan fingerprint density at radius 1 is 1.21 bits per heavy atom. The van der Waals surface area contributed by atoms with Gasteiger partial charge in [0.2, 0.25) is 0 Å². The number of hydrogen-bond donors (Lipinski definition) is 1. The lowest BCUT2D eigenvalue weighted by atomic mass is 10.1. The number of rotatable bonds is 4. The average molecular weight is 322 g/mol. The Hall–Kier alpha value is -1.06. The fraction of sp³-hybridized carbons (Fsp3) is 0.375. The van der Waals surface area contributed by atoms with Crippen LogP contribution in [0.2, 0.25) is 0 Å². The molecule has 0 aliphatic heterocycles. The van der Waals surface area contributed by atoms with Gasteiger partial charge in [-0.1, -0.05) is 22.9 Å². The summed E-state index contributed by atoms with van der Waals surface area (Å²) in [4.78, 5) is 0. The smallest absolute Gasteiger partial charge is 0.134 e. The van der Waals surface area contributed by atoms with Gasteiger partial charge in [0.05, 0.1) is 6.04 Å². The van der Waals surface area contributed by atoms with Crippen LogP contribution in [0.4, 0.5) is 0 Å². The zero-order valence-electron chi connectivity index (χ0n) is 11.9. The van der Waals surface area contributed by atoms with E-state index in [1.807, 2.05) is 6.07 Å². The molecule has 1 heterocycles. The Morgan fingerprint density at radius 3 is 2.42 bits per heavy atom. The van der Waals surface area contributed by atoms with Crippen LogP contribution in [0, 0.1) is 13.8 Å². The molecule has 0 fully saturated rings. The monoisotopic (exact) mass is 321 g/mol. The van der Waals surface area contributed by atoms with Crippen LogP contribution < -0.4 is 5.32 Å². The Morgan fingerprint density at radius 2 is 1.84 bits per heavy atom. The molecule has 0 saturated heterocycles. The van der Waals surface area contributed by atoms with E-state index in [4.69, 9.17) is 4.42 Å². The van der Waals surface area contributed by atoms with E-state index in [0.29, 0.717) is 0 Å². The van der Waals surface area contributed by atoms with E-state index in [1.54, 1.807) is 0 Å². The molecule has 1 atom stereocenters. The van der Waals surface area contributed by atoms with Crippen molar-refractivity contribution < 1.29 is 4.42 Å². The van der Waals surface area contributed by atoms with Gasteiger partial charge in [-0.15, -0.1) is 0 Å². The maximum atomic E-state index is 5.96. The molecule has 2 rings (SSSR count). The minimum absolute atomic E-state index is 0.247. The predicted molar refractivity (Wildman–Crippen MR) is 83.4 cm³/mol. The Bertz CT molecular complexity index is 551. The minimum Gasteiger partial charge on any atom is -0.459 e. The third-order valence-electron chi connectivity index (χ3n) is 3.28. The average Bonchev–Trinajstić information content (AvgIpc) is 2.85. The van der Waals surface area contributed by atoms with Crippen molar-refractivity contribution >= 4 is 15.9 Å². The van der Waals surface area contributed by atoms with E-state index >= 15 is 0 Å². The van der Waals surface area contributed by atoms with Gasteiger partial charge in [-0.05, 0) is 62.7 Å². The van der Waals surface area contributed by atoms with Crippen LogP contribution in [0.5, 0.6) is 0 Å². The third kappa shape index (κ3) is 3.10. The van der Waals surface area contributed by atoms with Gasteiger partial charge in [0.1, 0.15) is 11.5 Å². The van der Waals surface area contributed by atoms with Gasteiger partial charge in [-0.25, -0.2) is 0 Å². The first-order valence-corrected chi connectivity index (χ1v) is 7.42. The quantitative estimate of drug-likeness (QED) is 0.857. The van der Waals surface area contributed by atoms with Crippen molar-refractivity contribution in [2.75, 3.05) is 6.54 Å². The second kappa shape index (κ2) is 5.93. The van der Waals surface area contributed by atoms with E-state index in [9.17, 15) is 0 Å². The summed E-state index contributed by atoms with van der Waals surface area (Å²) in [5.41, 5.74) is 3.59. The van der Waals surface area contributed by atoms with Crippen molar-refractivity contribution in [3.63, 3.8) is 0 Å². The second-order valence-electron chi connectivity index (χ2n) is 4.91. The molecule has 0 saturated carbocycles. The molecule has 1 aromatic carbocycles. The highest BCUT2D eigenvalue weighted by Gasteiger charge is 2.12. The minimum atomic E-state index is 0.247.